The van der Waals surface area contributed by atoms with Crippen LogP contribution in [0.5, 0.6) is 0 Å². The number of ether oxygens (including phenoxy) is 2. The van der Waals surface area contributed by atoms with Crippen molar-refractivity contribution in [3.8, 4) is 0 Å². The minimum absolute atomic E-state index is 0.131. The first kappa shape index (κ1) is 16.7. The fourth-order valence-corrected chi connectivity index (χ4v) is 3.94. The average molecular weight is 343 g/mol. The summed E-state index contributed by atoms with van der Waals surface area (Å²) in [5.41, 5.74) is 2.99. The fourth-order valence-electron chi connectivity index (χ4n) is 3.94. The number of fused-ring (bicyclic) bond motifs is 1. The zero-order valence-corrected chi connectivity index (χ0v) is 14.9. The Morgan fingerprint density at radius 2 is 2.16 bits per heavy atom. The van der Waals surface area contributed by atoms with Gasteiger partial charge in [-0.3, -0.25) is 9.88 Å². The Morgan fingerprint density at radius 3 is 2.96 bits per heavy atom. The molecule has 25 heavy (non-hydrogen) atoms. The van der Waals surface area contributed by atoms with Crippen LogP contribution in [0.1, 0.15) is 35.7 Å². The Balaban J connectivity index is 1.37. The molecule has 3 atom stereocenters. The molecular formula is C19H25N3O3. The summed E-state index contributed by atoms with van der Waals surface area (Å²) in [6.07, 6.45) is 2.38. The van der Waals surface area contributed by atoms with Gasteiger partial charge in [0.15, 0.2) is 0 Å². The van der Waals surface area contributed by atoms with Crippen molar-refractivity contribution in [2.75, 3.05) is 13.2 Å². The summed E-state index contributed by atoms with van der Waals surface area (Å²) in [7, 11) is 0. The molecule has 0 unspecified atom stereocenters. The summed E-state index contributed by atoms with van der Waals surface area (Å²) >= 11 is 0. The lowest BCUT2D eigenvalue weighted by Gasteiger charge is -2.38. The molecule has 1 saturated carbocycles. The first-order chi connectivity index (χ1) is 12.2. The lowest BCUT2D eigenvalue weighted by Crippen LogP contribution is -2.51. The van der Waals surface area contributed by atoms with Gasteiger partial charge in [-0.25, -0.2) is 0 Å². The number of morpholine rings is 1. The predicted octanol–water partition coefficient (Wildman–Crippen LogP) is 2.64. The van der Waals surface area contributed by atoms with E-state index in [1.165, 1.54) is 0 Å². The highest BCUT2D eigenvalue weighted by molar-refractivity contribution is 5.09. The van der Waals surface area contributed by atoms with Crippen LogP contribution in [0.2, 0.25) is 0 Å². The Labute approximate surface area is 148 Å². The number of rotatable bonds is 5. The summed E-state index contributed by atoms with van der Waals surface area (Å²) in [6.45, 7) is 6.95. The van der Waals surface area contributed by atoms with Gasteiger partial charge in [-0.15, -0.1) is 0 Å². The Morgan fingerprint density at radius 1 is 1.24 bits per heavy atom. The Kier molecular flexibility index (Phi) is 4.83. The van der Waals surface area contributed by atoms with Crippen LogP contribution < -0.4 is 0 Å². The highest BCUT2D eigenvalue weighted by Gasteiger charge is 2.43. The molecule has 1 saturated heterocycles. The number of pyridine rings is 1. The van der Waals surface area contributed by atoms with Crippen molar-refractivity contribution in [3.63, 3.8) is 0 Å². The van der Waals surface area contributed by atoms with Crippen LogP contribution in [0.15, 0.2) is 28.8 Å². The molecule has 3 heterocycles. The normalized spacial score (nSPS) is 26.7. The molecule has 4 rings (SSSR count). The molecule has 0 spiro atoms. The summed E-state index contributed by atoms with van der Waals surface area (Å²) in [5.74, 6) is 0.859. The number of aromatic nitrogens is 2. The number of hydrogen-bond donors (Lipinski definition) is 0. The van der Waals surface area contributed by atoms with Gasteiger partial charge in [0.25, 0.3) is 0 Å². The van der Waals surface area contributed by atoms with Crippen LogP contribution in [-0.4, -0.2) is 46.4 Å². The third-order valence-electron chi connectivity index (χ3n) is 5.08. The van der Waals surface area contributed by atoms with Gasteiger partial charge in [0.1, 0.15) is 5.76 Å². The SMILES string of the molecule is Cc1cccc(CO[C@@H]2CC[C@H]3[C@H]2OCCN3Cc2cc(C)on2)n1. The molecule has 0 N–H and O–H groups in total. The summed E-state index contributed by atoms with van der Waals surface area (Å²) in [6, 6.07) is 8.44. The van der Waals surface area contributed by atoms with Gasteiger partial charge in [-0.2, -0.15) is 0 Å². The molecule has 2 aromatic heterocycles. The van der Waals surface area contributed by atoms with Crippen LogP contribution in [-0.2, 0) is 22.6 Å². The molecule has 0 aromatic carbocycles. The van der Waals surface area contributed by atoms with Crippen molar-refractivity contribution < 1.29 is 14.0 Å². The number of aryl methyl sites for hydroxylation is 2. The molecule has 0 radical (unpaired) electrons. The molecule has 6 heteroatoms. The van der Waals surface area contributed by atoms with Gasteiger partial charge in [0.05, 0.1) is 36.8 Å². The molecule has 0 amide bonds. The highest BCUT2D eigenvalue weighted by Crippen LogP contribution is 2.33. The van der Waals surface area contributed by atoms with Crippen LogP contribution in [0.3, 0.4) is 0 Å². The van der Waals surface area contributed by atoms with E-state index in [1.54, 1.807) is 0 Å². The summed E-state index contributed by atoms with van der Waals surface area (Å²) in [4.78, 5) is 6.97. The second kappa shape index (κ2) is 7.23. The van der Waals surface area contributed by atoms with E-state index in [0.717, 1.165) is 55.4 Å². The zero-order valence-electron chi connectivity index (χ0n) is 14.9. The van der Waals surface area contributed by atoms with E-state index in [9.17, 15) is 0 Å². The lowest BCUT2D eigenvalue weighted by molar-refractivity contribution is -0.119. The smallest absolute Gasteiger partial charge is 0.133 e. The molecule has 0 bridgehead atoms. The van der Waals surface area contributed by atoms with E-state index in [1.807, 2.05) is 38.1 Å². The zero-order chi connectivity index (χ0) is 17.2. The van der Waals surface area contributed by atoms with E-state index >= 15 is 0 Å². The van der Waals surface area contributed by atoms with Crippen molar-refractivity contribution in [3.05, 3.63) is 47.1 Å². The summed E-state index contributed by atoms with van der Waals surface area (Å²) in [5, 5.41) is 4.13. The van der Waals surface area contributed by atoms with Crippen molar-refractivity contribution in [2.24, 2.45) is 0 Å². The van der Waals surface area contributed by atoms with Crippen LogP contribution in [0.25, 0.3) is 0 Å². The molecule has 6 nitrogen and oxygen atoms in total. The number of hydrogen-bond acceptors (Lipinski definition) is 6. The average Bonchev–Trinajstić information content (AvgIpc) is 3.20. The third kappa shape index (κ3) is 3.76. The summed E-state index contributed by atoms with van der Waals surface area (Å²) < 4.78 is 17.4. The van der Waals surface area contributed by atoms with E-state index in [-0.39, 0.29) is 12.2 Å². The van der Waals surface area contributed by atoms with E-state index in [2.05, 4.69) is 15.0 Å². The van der Waals surface area contributed by atoms with Gasteiger partial charge >= 0.3 is 0 Å². The lowest BCUT2D eigenvalue weighted by atomic mass is 10.1. The Bertz CT molecular complexity index is 717. The standard InChI is InChI=1S/C19H25N3O3/c1-13-4-3-5-15(20-13)12-24-18-7-6-17-19(18)23-9-8-22(17)11-16-10-14(2)25-21-16/h3-5,10,17-19H,6-9,11-12H2,1-2H3/t17-,18+,19+/m0/s1. The van der Waals surface area contributed by atoms with E-state index < -0.39 is 0 Å². The van der Waals surface area contributed by atoms with E-state index in [4.69, 9.17) is 14.0 Å². The maximum Gasteiger partial charge on any atom is 0.133 e. The highest BCUT2D eigenvalue weighted by atomic mass is 16.5. The van der Waals surface area contributed by atoms with Gasteiger partial charge in [-0.05, 0) is 38.8 Å². The van der Waals surface area contributed by atoms with Crippen LogP contribution >= 0.6 is 0 Å². The van der Waals surface area contributed by atoms with E-state index in [0.29, 0.717) is 12.6 Å². The van der Waals surface area contributed by atoms with Crippen molar-refractivity contribution in [1.82, 2.24) is 15.0 Å². The molecule has 2 fully saturated rings. The topological polar surface area (TPSA) is 60.6 Å². The minimum Gasteiger partial charge on any atom is -0.373 e. The van der Waals surface area contributed by atoms with Crippen molar-refractivity contribution in [2.45, 2.75) is 58.1 Å². The third-order valence-corrected chi connectivity index (χ3v) is 5.08. The second-order valence-electron chi connectivity index (χ2n) is 7.00. The van der Waals surface area contributed by atoms with Gasteiger partial charge in [0.2, 0.25) is 0 Å². The minimum atomic E-state index is 0.131. The predicted molar refractivity (Wildman–Crippen MR) is 92.0 cm³/mol. The molecule has 2 aliphatic rings. The molecule has 1 aliphatic carbocycles. The molecule has 1 aliphatic heterocycles. The Hall–Kier alpha value is -1.76. The van der Waals surface area contributed by atoms with Crippen molar-refractivity contribution in [1.29, 1.82) is 0 Å². The van der Waals surface area contributed by atoms with Crippen molar-refractivity contribution >= 4 is 0 Å². The molecule has 2 aromatic rings. The van der Waals surface area contributed by atoms with Gasteiger partial charge in [0, 0.05) is 30.9 Å². The fraction of sp³-hybridized carbons (Fsp3) is 0.579. The molecule has 134 valence electrons. The number of nitrogens with zero attached hydrogens (tertiary/aromatic N) is 3. The maximum atomic E-state index is 6.17. The largest absolute Gasteiger partial charge is 0.373 e. The second-order valence-corrected chi connectivity index (χ2v) is 7.00. The molecular weight excluding hydrogens is 318 g/mol. The van der Waals surface area contributed by atoms with Crippen LogP contribution in [0, 0.1) is 13.8 Å². The quantitative estimate of drug-likeness (QED) is 0.832. The first-order valence-corrected chi connectivity index (χ1v) is 9.01. The maximum absolute atomic E-state index is 6.17. The monoisotopic (exact) mass is 343 g/mol. The van der Waals surface area contributed by atoms with Gasteiger partial charge in [-0.1, -0.05) is 11.2 Å². The first-order valence-electron chi connectivity index (χ1n) is 9.01. The van der Waals surface area contributed by atoms with Crippen LogP contribution in [0.4, 0.5) is 0 Å². The van der Waals surface area contributed by atoms with Gasteiger partial charge < -0.3 is 14.0 Å².